The van der Waals surface area contributed by atoms with Gasteiger partial charge < -0.3 is 10.5 Å². The molecule has 0 aromatic rings. The van der Waals surface area contributed by atoms with Crippen molar-refractivity contribution in [3.63, 3.8) is 0 Å². The summed E-state index contributed by atoms with van der Waals surface area (Å²) in [7, 11) is -3.29. The molecule has 0 spiro atoms. The predicted molar refractivity (Wildman–Crippen MR) is 83.2 cm³/mol. The zero-order valence-electron chi connectivity index (χ0n) is 13.0. The monoisotopic (exact) mass is 319 g/mol. The van der Waals surface area contributed by atoms with Gasteiger partial charge >= 0.3 is 0 Å². The van der Waals surface area contributed by atoms with Crippen LogP contribution in [0.4, 0.5) is 0 Å². The molecule has 2 fully saturated rings. The Morgan fingerprint density at radius 3 is 2.48 bits per heavy atom. The lowest BCUT2D eigenvalue weighted by molar-refractivity contribution is 0.0197. The molecule has 2 N–H and O–H groups in total. The molecular formula is C14H29N3O3S. The number of hydrogen-bond acceptors (Lipinski definition) is 4. The van der Waals surface area contributed by atoms with E-state index in [9.17, 15) is 8.42 Å². The summed E-state index contributed by atoms with van der Waals surface area (Å²) in [5.41, 5.74) is 5.45. The quantitative estimate of drug-likeness (QED) is 0.739. The number of nitrogens with zero attached hydrogens (tertiary/aromatic N) is 2. The smallest absolute Gasteiger partial charge is 0.282 e. The Labute approximate surface area is 128 Å². The van der Waals surface area contributed by atoms with Gasteiger partial charge in [-0.25, -0.2) is 0 Å². The van der Waals surface area contributed by atoms with Gasteiger partial charge in [-0.2, -0.15) is 17.0 Å². The summed E-state index contributed by atoms with van der Waals surface area (Å²) in [6, 6.07) is 0.127. The van der Waals surface area contributed by atoms with E-state index in [2.05, 4.69) is 0 Å². The van der Waals surface area contributed by atoms with Gasteiger partial charge in [0, 0.05) is 32.3 Å². The van der Waals surface area contributed by atoms with Crippen LogP contribution in [0.3, 0.4) is 0 Å². The third-order valence-corrected chi connectivity index (χ3v) is 6.62. The molecule has 0 aliphatic carbocycles. The lowest BCUT2D eigenvalue weighted by Gasteiger charge is -2.39. The summed E-state index contributed by atoms with van der Waals surface area (Å²) in [4.78, 5) is 0. The normalized spacial score (nSPS) is 27.0. The van der Waals surface area contributed by atoms with Gasteiger partial charge in [0.2, 0.25) is 0 Å². The van der Waals surface area contributed by atoms with E-state index < -0.39 is 10.2 Å². The Balaban J connectivity index is 1.85. The van der Waals surface area contributed by atoms with E-state index in [0.29, 0.717) is 32.8 Å². The van der Waals surface area contributed by atoms with E-state index in [-0.39, 0.29) is 12.1 Å². The maximum atomic E-state index is 12.7. The molecule has 2 aliphatic heterocycles. The average molecular weight is 319 g/mol. The highest BCUT2D eigenvalue weighted by Gasteiger charge is 2.36. The van der Waals surface area contributed by atoms with Crippen LogP contribution < -0.4 is 5.73 Å². The summed E-state index contributed by atoms with van der Waals surface area (Å²) < 4.78 is 34.5. The highest BCUT2D eigenvalue weighted by Crippen LogP contribution is 2.25. The molecule has 0 aromatic carbocycles. The van der Waals surface area contributed by atoms with Gasteiger partial charge in [0.05, 0.1) is 6.10 Å². The topological polar surface area (TPSA) is 75.9 Å². The third kappa shape index (κ3) is 4.39. The second kappa shape index (κ2) is 7.87. The lowest BCUT2D eigenvalue weighted by atomic mass is 10.1. The Kier molecular flexibility index (Phi) is 6.43. The van der Waals surface area contributed by atoms with Crippen LogP contribution in [0.2, 0.25) is 0 Å². The maximum Gasteiger partial charge on any atom is 0.282 e. The number of nitrogens with two attached hydrogens (primary N) is 1. The predicted octanol–water partition coefficient (Wildman–Crippen LogP) is 0.935. The van der Waals surface area contributed by atoms with E-state index in [4.69, 9.17) is 10.5 Å². The van der Waals surface area contributed by atoms with Crippen LogP contribution in [0.15, 0.2) is 0 Å². The van der Waals surface area contributed by atoms with Gasteiger partial charge in [0.15, 0.2) is 0 Å². The van der Waals surface area contributed by atoms with Crippen LogP contribution >= 0.6 is 0 Å². The molecule has 0 saturated carbocycles. The van der Waals surface area contributed by atoms with Crippen molar-refractivity contribution in [3.8, 4) is 0 Å². The molecule has 21 heavy (non-hydrogen) atoms. The fourth-order valence-corrected chi connectivity index (χ4v) is 5.01. The first-order valence-corrected chi connectivity index (χ1v) is 9.54. The van der Waals surface area contributed by atoms with Crippen molar-refractivity contribution < 1.29 is 13.2 Å². The highest BCUT2D eigenvalue weighted by atomic mass is 32.2. The SMILES string of the molecule is CC1CCCCN1S(=O)(=O)N1CCC(OCCCN)CC1. The Hall–Kier alpha value is -0.210. The standard InChI is InChI=1S/C14H29N3O3S/c1-13-5-2-3-9-17(13)21(18,19)16-10-6-14(7-11-16)20-12-4-8-15/h13-14H,2-12,15H2,1H3. The zero-order chi connectivity index (χ0) is 15.3. The molecule has 2 rings (SSSR count). The molecule has 2 saturated heterocycles. The maximum absolute atomic E-state index is 12.7. The van der Waals surface area contributed by atoms with Crippen LogP contribution in [-0.2, 0) is 14.9 Å². The summed E-state index contributed by atoms with van der Waals surface area (Å²) in [5.74, 6) is 0. The Morgan fingerprint density at radius 1 is 1.14 bits per heavy atom. The van der Waals surface area contributed by atoms with Crippen molar-refractivity contribution in [3.05, 3.63) is 0 Å². The second-order valence-corrected chi connectivity index (χ2v) is 7.96. The zero-order valence-corrected chi connectivity index (χ0v) is 13.9. The lowest BCUT2D eigenvalue weighted by Crippen LogP contribution is -2.52. The summed E-state index contributed by atoms with van der Waals surface area (Å²) in [5, 5.41) is 0. The van der Waals surface area contributed by atoms with E-state index >= 15 is 0 Å². The number of hydrogen-bond donors (Lipinski definition) is 1. The van der Waals surface area contributed by atoms with Crippen molar-refractivity contribution in [2.75, 3.05) is 32.8 Å². The second-order valence-electron chi connectivity index (χ2n) is 6.07. The number of piperidine rings is 2. The molecule has 0 bridgehead atoms. The van der Waals surface area contributed by atoms with Crippen LogP contribution in [0.5, 0.6) is 0 Å². The van der Waals surface area contributed by atoms with Crippen LogP contribution in [0, 0.1) is 0 Å². The summed E-state index contributed by atoms with van der Waals surface area (Å²) in [6.45, 7) is 5.13. The molecule has 124 valence electrons. The van der Waals surface area contributed by atoms with Crippen molar-refractivity contribution >= 4 is 10.2 Å². The molecule has 7 heteroatoms. The van der Waals surface area contributed by atoms with Crippen molar-refractivity contribution in [1.29, 1.82) is 0 Å². The van der Waals surface area contributed by atoms with Crippen molar-refractivity contribution in [1.82, 2.24) is 8.61 Å². The summed E-state index contributed by atoms with van der Waals surface area (Å²) >= 11 is 0. The summed E-state index contributed by atoms with van der Waals surface area (Å²) in [6.07, 6.45) is 5.69. The van der Waals surface area contributed by atoms with Gasteiger partial charge in [-0.3, -0.25) is 0 Å². The first-order chi connectivity index (χ1) is 10.1. The van der Waals surface area contributed by atoms with Gasteiger partial charge in [-0.15, -0.1) is 0 Å². The third-order valence-electron chi connectivity index (χ3n) is 4.47. The number of ether oxygens (including phenoxy) is 1. The molecule has 2 aliphatic rings. The minimum absolute atomic E-state index is 0.127. The van der Waals surface area contributed by atoms with E-state index in [0.717, 1.165) is 38.5 Å². The largest absolute Gasteiger partial charge is 0.378 e. The van der Waals surface area contributed by atoms with Crippen LogP contribution in [0.1, 0.15) is 45.4 Å². The van der Waals surface area contributed by atoms with Crippen molar-refractivity contribution in [2.24, 2.45) is 5.73 Å². The van der Waals surface area contributed by atoms with Gasteiger partial charge in [-0.1, -0.05) is 6.42 Å². The van der Waals surface area contributed by atoms with Gasteiger partial charge in [-0.05, 0) is 45.6 Å². The highest BCUT2D eigenvalue weighted by molar-refractivity contribution is 7.86. The average Bonchev–Trinajstić information content (AvgIpc) is 2.48. The van der Waals surface area contributed by atoms with E-state index in [1.165, 1.54) is 0 Å². The molecule has 0 aromatic heterocycles. The fraction of sp³-hybridized carbons (Fsp3) is 1.00. The van der Waals surface area contributed by atoms with Crippen molar-refractivity contribution in [2.45, 2.75) is 57.6 Å². The van der Waals surface area contributed by atoms with E-state index in [1.54, 1.807) is 8.61 Å². The first-order valence-electron chi connectivity index (χ1n) is 8.14. The van der Waals surface area contributed by atoms with Crippen LogP contribution in [0.25, 0.3) is 0 Å². The molecule has 0 radical (unpaired) electrons. The van der Waals surface area contributed by atoms with Crippen LogP contribution in [-0.4, -0.2) is 62.0 Å². The minimum Gasteiger partial charge on any atom is -0.378 e. The first kappa shape index (κ1) is 17.1. The minimum atomic E-state index is -3.29. The molecule has 6 nitrogen and oxygen atoms in total. The van der Waals surface area contributed by atoms with Gasteiger partial charge in [0.25, 0.3) is 10.2 Å². The molecule has 1 unspecified atom stereocenters. The Morgan fingerprint density at radius 2 is 1.86 bits per heavy atom. The van der Waals surface area contributed by atoms with Gasteiger partial charge in [0.1, 0.15) is 0 Å². The number of rotatable bonds is 6. The molecule has 2 heterocycles. The Bertz CT molecular complexity index is 408. The fourth-order valence-electron chi connectivity index (χ4n) is 3.13. The molecule has 1 atom stereocenters. The molecular weight excluding hydrogens is 290 g/mol. The molecule has 0 amide bonds. The van der Waals surface area contributed by atoms with E-state index in [1.807, 2.05) is 6.92 Å².